The first kappa shape index (κ1) is 21.7. The van der Waals surface area contributed by atoms with E-state index >= 15 is 0 Å². The van der Waals surface area contributed by atoms with E-state index in [1.807, 2.05) is 31.2 Å². The van der Waals surface area contributed by atoms with Crippen molar-refractivity contribution in [2.24, 2.45) is 0 Å². The number of thioether (sulfide) groups is 1. The van der Waals surface area contributed by atoms with E-state index in [1.54, 1.807) is 0 Å². The molecule has 2 aromatic carbocycles. The Hall–Kier alpha value is -2.62. The van der Waals surface area contributed by atoms with Crippen molar-refractivity contribution in [3.63, 3.8) is 0 Å². The van der Waals surface area contributed by atoms with Gasteiger partial charge in [0.25, 0.3) is 5.91 Å². The summed E-state index contributed by atoms with van der Waals surface area (Å²) in [6.07, 6.45) is 1.41. The SMILES string of the molecule is C=CCNS(=O)(=O)c1cccc(C(=O)NNC(=O)CSc2ccc(C)cc2)c1. The Morgan fingerprint density at radius 2 is 1.82 bits per heavy atom. The zero-order valence-corrected chi connectivity index (χ0v) is 16.9. The molecule has 0 saturated carbocycles. The molecule has 0 fully saturated rings. The van der Waals surface area contributed by atoms with Crippen LogP contribution in [0.2, 0.25) is 0 Å². The molecule has 2 rings (SSSR count). The van der Waals surface area contributed by atoms with Crippen LogP contribution in [0.4, 0.5) is 0 Å². The lowest BCUT2D eigenvalue weighted by Crippen LogP contribution is -2.42. The van der Waals surface area contributed by atoms with Gasteiger partial charge in [0.05, 0.1) is 10.6 Å². The molecule has 0 saturated heterocycles. The fraction of sp³-hybridized carbons (Fsp3) is 0.158. The molecule has 0 heterocycles. The maximum absolute atomic E-state index is 12.2. The normalized spacial score (nSPS) is 10.9. The third-order valence-corrected chi connectivity index (χ3v) is 5.96. The first-order valence-corrected chi connectivity index (χ1v) is 10.8. The van der Waals surface area contributed by atoms with Crippen molar-refractivity contribution in [2.75, 3.05) is 12.3 Å². The summed E-state index contributed by atoms with van der Waals surface area (Å²) in [7, 11) is -3.74. The summed E-state index contributed by atoms with van der Waals surface area (Å²) >= 11 is 1.34. The van der Waals surface area contributed by atoms with Gasteiger partial charge in [-0.05, 0) is 37.3 Å². The summed E-state index contributed by atoms with van der Waals surface area (Å²) in [5.41, 5.74) is 5.83. The van der Waals surface area contributed by atoms with Gasteiger partial charge in [-0.1, -0.05) is 29.8 Å². The topological polar surface area (TPSA) is 104 Å². The highest BCUT2D eigenvalue weighted by atomic mass is 32.2. The van der Waals surface area contributed by atoms with Crippen LogP contribution in [-0.4, -0.2) is 32.5 Å². The van der Waals surface area contributed by atoms with Gasteiger partial charge in [-0.3, -0.25) is 20.4 Å². The van der Waals surface area contributed by atoms with Crippen LogP contribution >= 0.6 is 11.8 Å². The number of nitrogens with one attached hydrogen (secondary N) is 3. The standard InChI is InChI=1S/C19H21N3O4S2/c1-3-11-20-28(25,26)17-6-4-5-15(12-17)19(24)22-21-18(23)13-27-16-9-7-14(2)8-10-16/h3-10,12,20H,1,11,13H2,2H3,(H,21,23)(H,22,24). The average Bonchev–Trinajstić information content (AvgIpc) is 2.70. The molecular formula is C19H21N3O4S2. The summed E-state index contributed by atoms with van der Waals surface area (Å²) in [6.45, 7) is 5.50. The molecule has 28 heavy (non-hydrogen) atoms. The number of hydrogen-bond donors (Lipinski definition) is 3. The smallest absolute Gasteiger partial charge is 0.269 e. The lowest BCUT2D eigenvalue weighted by Gasteiger charge is -2.09. The van der Waals surface area contributed by atoms with Crippen LogP contribution in [0.25, 0.3) is 0 Å². The zero-order chi connectivity index (χ0) is 20.6. The monoisotopic (exact) mass is 419 g/mol. The predicted molar refractivity (Wildman–Crippen MR) is 109 cm³/mol. The summed E-state index contributed by atoms with van der Waals surface area (Å²) < 4.78 is 26.5. The molecule has 3 N–H and O–H groups in total. The van der Waals surface area contributed by atoms with Crippen molar-refractivity contribution in [2.45, 2.75) is 16.7 Å². The molecule has 2 aromatic rings. The number of hydrogen-bond acceptors (Lipinski definition) is 5. The Morgan fingerprint density at radius 3 is 2.50 bits per heavy atom. The second kappa shape index (κ2) is 10.1. The predicted octanol–water partition coefficient (Wildman–Crippen LogP) is 2.01. The number of benzene rings is 2. The number of rotatable bonds is 8. The second-order valence-electron chi connectivity index (χ2n) is 5.77. The molecule has 0 aliphatic rings. The molecule has 0 bridgehead atoms. The fourth-order valence-electron chi connectivity index (χ4n) is 2.07. The minimum absolute atomic E-state index is 0.0525. The van der Waals surface area contributed by atoms with Crippen LogP contribution in [-0.2, 0) is 14.8 Å². The Morgan fingerprint density at radius 1 is 1.11 bits per heavy atom. The highest BCUT2D eigenvalue weighted by molar-refractivity contribution is 8.00. The van der Waals surface area contributed by atoms with Gasteiger partial charge in [0.2, 0.25) is 15.9 Å². The number of sulfonamides is 1. The molecule has 0 aliphatic heterocycles. The van der Waals surface area contributed by atoms with E-state index in [2.05, 4.69) is 22.2 Å². The minimum atomic E-state index is -3.74. The van der Waals surface area contributed by atoms with Gasteiger partial charge in [-0.25, -0.2) is 13.1 Å². The van der Waals surface area contributed by atoms with Crippen LogP contribution in [0.1, 0.15) is 15.9 Å². The number of carbonyl (C=O) groups is 2. The molecule has 0 unspecified atom stereocenters. The molecule has 0 spiro atoms. The Bertz CT molecular complexity index is 957. The van der Waals surface area contributed by atoms with Crippen molar-refractivity contribution >= 4 is 33.6 Å². The first-order chi connectivity index (χ1) is 13.3. The molecule has 7 nitrogen and oxygen atoms in total. The van der Waals surface area contributed by atoms with E-state index in [1.165, 1.54) is 42.1 Å². The number of amides is 2. The average molecular weight is 420 g/mol. The maximum atomic E-state index is 12.2. The fourth-order valence-corrected chi connectivity index (χ4v) is 3.82. The van der Waals surface area contributed by atoms with E-state index in [0.717, 1.165) is 10.5 Å². The highest BCUT2D eigenvalue weighted by Gasteiger charge is 2.15. The number of aryl methyl sites for hydroxylation is 1. The lowest BCUT2D eigenvalue weighted by atomic mass is 10.2. The van der Waals surface area contributed by atoms with Gasteiger partial charge < -0.3 is 0 Å². The van der Waals surface area contributed by atoms with Gasteiger partial charge >= 0.3 is 0 Å². The summed E-state index contributed by atoms with van der Waals surface area (Å²) in [6, 6.07) is 13.2. The second-order valence-corrected chi connectivity index (χ2v) is 8.59. The van der Waals surface area contributed by atoms with Crippen LogP contribution in [0.15, 0.2) is 71.0 Å². The number of carbonyl (C=O) groups excluding carboxylic acids is 2. The quantitative estimate of drug-likeness (QED) is 0.345. The van der Waals surface area contributed by atoms with E-state index in [4.69, 9.17) is 0 Å². The van der Waals surface area contributed by atoms with E-state index in [9.17, 15) is 18.0 Å². The van der Waals surface area contributed by atoms with Crippen molar-refractivity contribution in [1.82, 2.24) is 15.6 Å². The third-order valence-electron chi connectivity index (χ3n) is 3.53. The van der Waals surface area contributed by atoms with Crippen LogP contribution < -0.4 is 15.6 Å². The van der Waals surface area contributed by atoms with Crippen molar-refractivity contribution in [3.8, 4) is 0 Å². The van der Waals surface area contributed by atoms with Crippen LogP contribution in [0, 0.1) is 6.92 Å². The van der Waals surface area contributed by atoms with Crippen molar-refractivity contribution in [1.29, 1.82) is 0 Å². The van der Waals surface area contributed by atoms with Crippen molar-refractivity contribution in [3.05, 3.63) is 72.3 Å². The van der Waals surface area contributed by atoms with E-state index < -0.39 is 15.9 Å². The van der Waals surface area contributed by atoms with Crippen LogP contribution in [0.3, 0.4) is 0 Å². The minimum Gasteiger partial charge on any atom is -0.272 e. The van der Waals surface area contributed by atoms with Gasteiger partial charge in [0.15, 0.2) is 0 Å². The Balaban J connectivity index is 1.90. The van der Waals surface area contributed by atoms with Gasteiger partial charge in [-0.15, -0.1) is 18.3 Å². The highest BCUT2D eigenvalue weighted by Crippen LogP contribution is 2.17. The van der Waals surface area contributed by atoms with E-state index in [-0.39, 0.29) is 28.7 Å². The largest absolute Gasteiger partial charge is 0.272 e. The first-order valence-electron chi connectivity index (χ1n) is 8.31. The van der Waals surface area contributed by atoms with Gasteiger partial charge in [0.1, 0.15) is 0 Å². The molecule has 0 aromatic heterocycles. The van der Waals surface area contributed by atoms with Crippen LogP contribution in [0.5, 0.6) is 0 Å². The molecule has 0 atom stereocenters. The zero-order valence-electron chi connectivity index (χ0n) is 15.3. The third kappa shape index (κ3) is 6.52. The summed E-state index contributed by atoms with van der Waals surface area (Å²) in [4.78, 5) is 25.0. The molecule has 2 amide bonds. The van der Waals surface area contributed by atoms with Gasteiger partial charge in [-0.2, -0.15) is 0 Å². The van der Waals surface area contributed by atoms with Gasteiger partial charge in [0, 0.05) is 17.0 Å². The molecule has 148 valence electrons. The molecular weight excluding hydrogens is 398 g/mol. The van der Waals surface area contributed by atoms with Crippen molar-refractivity contribution < 1.29 is 18.0 Å². The summed E-state index contributed by atoms with van der Waals surface area (Å²) in [5, 5.41) is 0. The molecule has 0 aliphatic carbocycles. The maximum Gasteiger partial charge on any atom is 0.269 e. The Kier molecular flexibility index (Phi) is 7.80. The number of hydrazine groups is 1. The Labute approximate surface area is 168 Å². The lowest BCUT2D eigenvalue weighted by molar-refractivity contribution is -0.119. The molecule has 0 radical (unpaired) electrons. The summed E-state index contributed by atoms with van der Waals surface area (Å²) in [5.74, 6) is -0.867. The molecule has 9 heteroatoms. The van der Waals surface area contributed by atoms with E-state index in [0.29, 0.717) is 0 Å².